The van der Waals surface area contributed by atoms with Crippen LogP contribution in [0, 0.1) is 0 Å². The van der Waals surface area contributed by atoms with E-state index < -0.39 is 15.6 Å². The molecule has 0 radical (unpaired) electrons. The maximum Gasteiger partial charge on any atom is 0.253 e. The second kappa shape index (κ2) is 3.98. The van der Waals surface area contributed by atoms with Gasteiger partial charge in [0.05, 0.1) is 11.9 Å². The summed E-state index contributed by atoms with van der Waals surface area (Å²) in [5.74, 6) is 0.799. The van der Waals surface area contributed by atoms with Crippen molar-refractivity contribution in [2.75, 3.05) is 18.2 Å². The van der Waals surface area contributed by atoms with E-state index >= 15 is 0 Å². The molecule has 1 heterocycles. The third-order valence-electron chi connectivity index (χ3n) is 3.04. The fourth-order valence-electron chi connectivity index (χ4n) is 1.78. The predicted octanol–water partition coefficient (Wildman–Crippen LogP) is 1.65. The lowest BCUT2D eigenvalue weighted by molar-refractivity contribution is 0.439. The van der Waals surface area contributed by atoms with Crippen LogP contribution in [0.3, 0.4) is 0 Å². The smallest absolute Gasteiger partial charge is 0.253 e. The van der Waals surface area contributed by atoms with Crippen LogP contribution < -0.4 is 9.64 Å². The molecule has 98 valence electrons. The summed E-state index contributed by atoms with van der Waals surface area (Å²) in [6.07, 6.45) is 1.06. The van der Waals surface area contributed by atoms with Crippen molar-refractivity contribution in [3.05, 3.63) is 24.3 Å². The highest BCUT2D eigenvalue weighted by Crippen LogP contribution is 2.37. The van der Waals surface area contributed by atoms with Gasteiger partial charge in [-0.05, 0) is 26.0 Å². The molecule has 0 atom stereocenters. The van der Waals surface area contributed by atoms with E-state index in [4.69, 9.17) is 4.74 Å². The molecule has 18 heavy (non-hydrogen) atoms. The summed E-state index contributed by atoms with van der Waals surface area (Å²) in [6, 6.07) is 7.46. The molecule has 1 aromatic rings. The summed E-state index contributed by atoms with van der Waals surface area (Å²) in [6.45, 7) is 3.74. The third kappa shape index (κ3) is 2.20. The molecule has 0 unspecified atom stereocenters. The van der Waals surface area contributed by atoms with Gasteiger partial charge in [0, 0.05) is 7.05 Å². The summed E-state index contributed by atoms with van der Waals surface area (Å²) in [7, 11) is -1.60. The Kier molecular flexibility index (Phi) is 2.85. The highest BCUT2D eigenvalue weighted by atomic mass is 32.2. The molecule has 1 aliphatic heterocycles. The van der Waals surface area contributed by atoms with E-state index in [0.717, 1.165) is 11.9 Å². The Morgan fingerprint density at radius 1 is 1.28 bits per heavy atom. The van der Waals surface area contributed by atoms with Crippen LogP contribution in [0.5, 0.6) is 5.75 Å². The van der Waals surface area contributed by atoms with Crippen molar-refractivity contribution in [1.82, 2.24) is 0 Å². The van der Waals surface area contributed by atoms with Crippen LogP contribution in [0.4, 0.5) is 5.69 Å². The Balaban J connectivity index is 2.59. The minimum atomic E-state index is -3.48. The molecule has 0 spiro atoms. The van der Waals surface area contributed by atoms with Crippen LogP contribution >= 0.6 is 0 Å². The van der Waals surface area contributed by atoms with Crippen molar-refractivity contribution in [2.45, 2.75) is 19.4 Å². The lowest BCUT2D eigenvalue weighted by Crippen LogP contribution is -2.53. The first-order valence-corrected chi connectivity index (χ1v) is 7.38. The molecule has 5 nitrogen and oxygen atoms in total. The topological polar surface area (TPSA) is 59.0 Å². The molecule has 2 rings (SSSR count). The Bertz CT molecular complexity index is 606. The number of ether oxygens (including phenoxy) is 1. The minimum Gasteiger partial charge on any atom is -0.437 e. The summed E-state index contributed by atoms with van der Waals surface area (Å²) >= 11 is 0. The number of fused-ring (bicyclic) bond motifs is 1. The number of likely N-dealkylation sites (N-methyl/N-ethyl adjacent to an activating group) is 1. The Labute approximate surface area is 107 Å². The molecular formula is C12H16N2O3S. The van der Waals surface area contributed by atoms with Crippen LogP contribution in [0.2, 0.25) is 0 Å². The first-order chi connectivity index (χ1) is 8.22. The lowest BCUT2D eigenvalue weighted by Gasteiger charge is -2.42. The largest absolute Gasteiger partial charge is 0.437 e. The van der Waals surface area contributed by atoms with Crippen molar-refractivity contribution >= 4 is 21.6 Å². The van der Waals surface area contributed by atoms with E-state index in [-0.39, 0.29) is 5.90 Å². The molecule has 0 N–H and O–H groups in total. The second-order valence-electron chi connectivity index (χ2n) is 4.82. The molecule has 0 aromatic heterocycles. The van der Waals surface area contributed by atoms with Crippen molar-refractivity contribution in [3.63, 3.8) is 0 Å². The number of para-hydroxylation sites is 2. The summed E-state index contributed by atoms with van der Waals surface area (Å²) < 4.78 is 32.0. The van der Waals surface area contributed by atoms with Crippen molar-refractivity contribution in [1.29, 1.82) is 0 Å². The molecule has 0 aliphatic carbocycles. The van der Waals surface area contributed by atoms with Crippen molar-refractivity contribution in [2.24, 2.45) is 4.40 Å². The number of rotatable bonds is 1. The number of anilines is 1. The van der Waals surface area contributed by atoms with E-state index in [1.807, 2.05) is 44.0 Å². The van der Waals surface area contributed by atoms with Gasteiger partial charge in [-0.3, -0.25) is 0 Å². The second-order valence-corrected chi connectivity index (χ2v) is 6.47. The molecule has 1 aromatic carbocycles. The summed E-state index contributed by atoms with van der Waals surface area (Å²) in [5.41, 5.74) is 0.298. The van der Waals surface area contributed by atoms with Gasteiger partial charge in [0.1, 0.15) is 5.54 Å². The summed E-state index contributed by atoms with van der Waals surface area (Å²) in [4.78, 5) is 1.95. The maximum absolute atomic E-state index is 11.3. The van der Waals surface area contributed by atoms with Crippen LogP contribution in [0.25, 0.3) is 0 Å². The molecular weight excluding hydrogens is 252 g/mol. The van der Waals surface area contributed by atoms with E-state index in [2.05, 4.69) is 4.40 Å². The maximum atomic E-state index is 11.3. The highest BCUT2D eigenvalue weighted by Gasteiger charge is 2.39. The van der Waals surface area contributed by atoms with Gasteiger partial charge < -0.3 is 9.64 Å². The number of nitrogens with zero attached hydrogens (tertiary/aromatic N) is 2. The average Bonchev–Trinajstić information content (AvgIpc) is 2.24. The molecule has 0 amide bonds. The van der Waals surface area contributed by atoms with Crippen molar-refractivity contribution in [3.8, 4) is 5.75 Å². The minimum absolute atomic E-state index is 0.186. The number of hydrogen-bond acceptors (Lipinski definition) is 4. The van der Waals surface area contributed by atoms with Gasteiger partial charge >= 0.3 is 0 Å². The normalized spacial score (nSPS) is 20.4. The third-order valence-corrected chi connectivity index (χ3v) is 3.54. The monoisotopic (exact) mass is 268 g/mol. The number of benzene rings is 1. The predicted molar refractivity (Wildman–Crippen MR) is 71.8 cm³/mol. The SMILES string of the molecule is CN1c2ccccc2O/C(=N/S(C)(=O)=O)C1(C)C. The van der Waals surface area contributed by atoms with E-state index in [0.29, 0.717) is 5.75 Å². The summed E-state index contributed by atoms with van der Waals surface area (Å²) in [5, 5.41) is 0. The van der Waals surface area contributed by atoms with Crippen LogP contribution in [-0.4, -0.2) is 33.2 Å². The fraction of sp³-hybridized carbons (Fsp3) is 0.417. The zero-order chi connectivity index (χ0) is 13.6. The lowest BCUT2D eigenvalue weighted by atomic mass is 10.00. The molecule has 0 bridgehead atoms. The number of sulfonamides is 1. The van der Waals surface area contributed by atoms with Gasteiger partial charge in [-0.1, -0.05) is 12.1 Å². The molecule has 0 saturated heterocycles. The zero-order valence-electron chi connectivity index (χ0n) is 10.8. The quantitative estimate of drug-likeness (QED) is 0.777. The Hall–Kier alpha value is -1.56. The van der Waals surface area contributed by atoms with Gasteiger partial charge in [-0.25, -0.2) is 8.42 Å². The van der Waals surface area contributed by atoms with Crippen LogP contribution in [0.1, 0.15) is 13.8 Å². The van der Waals surface area contributed by atoms with Gasteiger partial charge in [-0.15, -0.1) is 4.40 Å². The molecule has 0 fully saturated rings. The van der Waals surface area contributed by atoms with Crippen LogP contribution in [-0.2, 0) is 10.0 Å². The van der Waals surface area contributed by atoms with E-state index in [1.54, 1.807) is 6.07 Å². The standard InChI is InChI=1S/C12H16N2O3S/c1-12(2)11(13-18(4,15)16)17-10-8-6-5-7-9(10)14(12)3/h5-8H,1-4H3/b13-11+. The first-order valence-electron chi connectivity index (χ1n) is 5.53. The van der Waals surface area contributed by atoms with Crippen LogP contribution in [0.15, 0.2) is 28.7 Å². The highest BCUT2D eigenvalue weighted by molar-refractivity contribution is 7.89. The average molecular weight is 268 g/mol. The van der Waals surface area contributed by atoms with Gasteiger partial charge in [-0.2, -0.15) is 0 Å². The Morgan fingerprint density at radius 3 is 2.50 bits per heavy atom. The van der Waals surface area contributed by atoms with Gasteiger partial charge in [0.25, 0.3) is 10.0 Å². The molecule has 0 saturated carbocycles. The fourth-order valence-corrected chi connectivity index (χ4v) is 2.34. The Morgan fingerprint density at radius 2 is 1.89 bits per heavy atom. The number of hydrogen-bond donors (Lipinski definition) is 0. The first kappa shape index (κ1) is 12.9. The van der Waals surface area contributed by atoms with Gasteiger partial charge in [0.2, 0.25) is 5.90 Å². The molecule has 1 aliphatic rings. The van der Waals surface area contributed by atoms with Crippen molar-refractivity contribution < 1.29 is 13.2 Å². The van der Waals surface area contributed by atoms with E-state index in [1.165, 1.54) is 0 Å². The zero-order valence-corrected chi connectivity index (χ0v) is 11.7. The molecule has 6 heteroatoms. The van der Waals surface area contributed by atoms with Gasteiger partial charge in [0.15, 0.2) is 5.75 Å². The van der Waals surface area contributed by atoms with E-state index in [9.17, 15) is 8.42 Å².